The van der Waals surface area contributed by atoms with Crippen molar-refractivity contribution in [2.45, 2.75) is 45.1 Å². The minimum Gasteiger partial charge on any atom is -0.480 e. The second kappa shape index (κ2) is 4.78. The Labute approximate surface area is 113 Å². The van der Waals surface area contributed by atoms with Crippen molar-refractivity contribution in [1.29, 1.82) is 0 Å². The molecule has 1 unspecified atom stereocenters. The maximum Gasteiger partial charge on any atom is 0.322 e. The minimum absolute atomic E-state index is 0.00176. The van der Waals surface area contributed by atoms with Crippen LogP contribution < -0.4 is 10.9 Å². The molecule has 106 valence electrons. The van der Waals surface area contributed by atoms with Crippen LogP contribution in [0.5, 0.6) is 0 Å². The third kappa shape index (κ3) is 2.36. The summed E-state index contributed by atoms with van der Waals surface area (Å²) in [5.41, 5.74) is 5.21. The fourth-order valence-electron chi connectivity index (χ4n) is 4.68. The Kier molecular flexibility index (Phi) is 3.25. The molecule has 19 heavy (non-hydrogen) atoms. The number of hydrazine groups is 1. The summed E-state index contributed by atoms with van der Waals surface area (Å²) in [5.74, 6) is 1.89. The summed E-state index contributed by atoms with van der Waals surface area (Å²) in [6.45, 7) is 1.53. The number of carboxylic acid groups (broad SMARTS) is 1. The number of nitrogens with one attached hydrogen (secondary N) is 2. The van der Waals surface area contributed by atoms with Gasteiger partial charge in [-0.25, -0.2) is 5.43 Å². The van der Waals surface area contributed by atoms with Gasteiger partial charge < -0.3 is 5.11 Å². The smallest absolute Gasteiger partial charge is 0.322 e. The van der Waals surface area contributed by atoms with E-state index >= 15 is 0 Å². The average Bonchev–Trinajstić information content (AvgIpc) is 2.34. The van der Waals surface area contributed by atoms with Crippen LogP contribution >= 0.6 is 0 Å². The van der Waals surface area contributed by atoms with E-state index < -0.39 is 12.0 Å². The van der Waals surface area contributed by atoms with E-state index in [1.807, 2.05) is 0 Å². The highest BCUT2D eigenvalue weighted by atomic mass is 16.4. The zero-order valence-corrected chi connectivity index (χ0v) is 11.3. The van der Waals surface area contributed by atoms with Crippen LogP contribution in [0.15, 0.2) is 0 Å². The molecule has 5 heteroatoms. The summed E-state index contributed by atoms with van der Waals surface area (Å²) in [6.07, 6.45) is 6.15. The summed E-state index contributed by atoms with van der Waals surface area (Å²) in [6, 6.07) is -0.749. The Bertz CT molecular complexity index is 368. The molecule has 4 aliphatic rings. The molecular weight excluding hydrogens is 244 g/mol. The summed E-state index contributed by atoms with van der Waals surface area (Å²) >= 11 is 0. The van der Waals surface area contributed by atoms with Crippen molar-refractivity contribution in [3.63, 3.8) is 0 Å². The highest BCUT2D eigenvalue weighted by Crippen LogP contribution is 2.56. The Balaban J connectivity index is 1.60. The SMILES string of the molecule is CC(NNC(=O)C1C2CC3CC(C2)CC1C3)C(=O)O. The van der Waals surface area contributed by atoms with Crippen molar-refractivity contribution in [1.82, 2.24) is 10.9 Å². The lowest BCUT2D eigenvalue weighted by Gasteiger charge is -2.53. The number of hydrogen-bond donors (Lipinski definition) is 3. The maximum atomic E-state index is 12.3. The van der Waals surface area contributed by atoms with Crippen molar-refractivity contribution >= 4 is 11.9 Å². The van der Waals surface area contributed by atoms with Gasteiger partial charge in [-0.05, 0) is 62.7 Å². The minimum atomic E-state index is -0.953. The van der Waals surface area contributed by atoms with Gasteiger partial charge in [0.2, 0.25) is 5.91 Å². The number of amides is 1. The van der Waals surface area contributed by atoms with Crippen LogP contribution in [-0.4, -0.2) is 23.0 Å². The molecule has 4 bridgehead atoms. The predicted molar refractivity (Wildman–Crippen MR) is 68.9 cm³/mol. The second-order valence-electron chi connectivity index (χ2n) is 6.65. The molecule has 5 nitrogen and oxygen atoms in total. The molecule has 0 aliphatic heterocycles. The van der Waals surface area contributed by atoms with E-state index in [9.17, 15) is 9.59 Å². The third-order valence-corrected chi connectivity index (χ3v) is 5.31. The van der Waals surface area contributed by atoms with Gasteiger partial charge in [-0.1, -0.05) is 0 Å². The van der Waals surface area contributed by atoms with Gasteiger partial charge in [0.25, 0.3) is 0 Å². The highest BCUT2D eigenvalue weighted by Gasteiger charge is 2.50. The number of carbonyl (C=O) groups is 2. The van der Waals surface area contributed by atoms with Crippen molar-refractivity contribution in [3.8, 4) is 0 Å². The molecule has 0 spiro atoms. The Morgan fingerprint density at radius 2 is 1.58 bits per heavy atom. The molecule has 0 aromatic heterocycles. The molecule has 0 aromatic rings. The van der Waals surface area contributed by atoms with E-state index in [2.05, 4.69) is 10.9 Å². The topological polar surface area (TPSA) is 78.4 Å². The lowest BCUT2D eigenvalue weighted by Crippen LogP contribution is -2.55. The fraction of sp³-hybridized carbons (Fsp3) is 0.857. The quantitative estimate of drug-likeness (QED) is 0.667. The van der Waals surface area contributed by atoms with Crippen LogP contribution in [0, 0.1) is 29.6 Å². The van der Waals surface area contributed by atoms with E-state index in [1.165, 1.54) is 39.0 Å². The number of rotatable bonds is 4. The Hall–Kier alpha value is -1.10. The molecule has 1 atom stereocenters. The summed E-state index contributed by atoms with van der Waals surface area (Å²) in [7, 11) is 0. The van der Waals surface area contributed by atoms with E-state index in [1.54, 1.807) is 0 Å². The molecule has 4 saturated carbocycles. The molecule has 0 aromatic carbocycles. The lowest BCUT2D eigenvalue weighted by molar-refractivity contribution is -0.142. The van der Waals surface area contributed by atoms with Crippen molar-refractivity contribution in [2.24, 2.45) is 29.6 Å². The van der Waals surface area contributed by atoms with Gasteiger partial charge in [-0.15, -0.1) is 0 Å². The molecule has 0 saturated heterocycles. The first-order valence-corrected chi connectivity index (χ1v) is 7.32. The van der Waals surface area contributed by atoms with Crippen molar-refractivity contribution in [3.05, 3.63) is 0 Å². The first-order valence-electron chi connectivity index (χ1n) is 7.32. The zero-order valence-electron chi connectivity index (χ0n) is 11.3. The van der Waals surface area contributed by atoms with Crippen LogP contribution in [0.3, 0.4) is 0 Å². The largest absolute Gasteiger partial charge is 0.480 e. The van der Waals surface area contributed by atoms with Crippen molar-refractivity contribution in [2.75, 3.05) is 0 Å². The van der Waals surface area contributed by atoms with Gasteiger partial charge >= 0.3 is 5.97 Å². The number of carboxylic acids is 1. The molecule has 3 N–H and O–H groups in total. The van der Waals surface area contributed by atoms with Crippen LogP contribution in [0.1, 0.15) is 39.0 Å². The summed E-state index contributed by atoms with van der Waals surface area (Å²) < 4.78 is 0. The summed E-state index contributed by atoms with van der Waals surface area (Å²) in [5, 5.41) is 8.79. The van der Waals surface area contributed by atoms with E-state index in [0.29, 0.717) is 11.8 Å². The number of aliphatic carboxylic acids is 1. The molecule has 1 amide bonds. The van der Waals surface area contributed by atoms with Gasteiger partial charge in [0.15, 0.2) is 0 Å². The van der Waals surface area contributed by atoms with E-state index in [-0.39, 0.29) is 11.8 Å². The number of hydrogen-bond acceptors (Lipinski definition) is 3. The van der Waals surface area contributed by atoms with E-state index in [0.717, 1.165) is 11.8 Å². The zero-order chi connectivity index (χ0) is 13.6. The first kappa shape index (κ1) is 12.9. The van der Waals surface area contributed by atoms with Gasteiger partial charge in [0.05, 0.1) is 0 Å². The van der Waals surface area contributed by atoms with Gasteiger partial charge in [-0.3, -0.25) is 15.0 Å². The monoisotopic (exact) mass is 266 g/mol. The van der Waals surface area contributed by atoms with Crippen molar-refractivity contribution < 1.29 is 14.7 Å². The van der Waals surface area contributed by atoms with Gasteiger partial charge in [0.1, 0.15) is 6.04 Å². The lowest BCUT2D eigenvalue weighted by atomic mass is 9.52. The van der Waals surface area contributed by atoms with Crippen LogP contribution in [0.2, 0.25) is 0 Å². The maximum absolute atomic E-state index is 12.3. The standard InChI is InChI=1S/C14H22N2O3/c1-7(14(18)19)15-16-13(17)12-10-3-8-2-9(5-10)6-11(12)4-8/h7-12,15H,2-6H2,1H3,(H,16,17)(H,18,19). The third-order valence-electron chi connectivity index (χ3n) is 5.31. The van der Waals surface area contributed by atoms with Gasteiger partial charge in [0, 0.05) is 5.92 Å². The first-order chi connectivity index (χ1) is 9.04. The molecule has 4 fully saturated rings. The molecule has 4 rings (SSSR count). The number of carbonyl (C=O) groups excluding carboxylic acids is 1. The summed E-state index contributed by atoms with van der Waals surface area (Å²) in [4.78, 5) is 23.0. The Morgan fingerprint density at radius 3 is 2.05 bits per heavy atom. The predicted octanol–water partition coefficient (Wildman–Crippen LogP) is 1.15. The van der Waals surface area contributed by atoms with Crippen LogP contribution in [0.4, 0.5) is 0 Å². The van der Waals surface area contributed by atoms with Gasteiger partial charge in [-0.2, -0.15) is 0 Å². The Morgan fingerprint density at radius 1 is 1.05 bits per heavy atom. The highest BCUT2D eigenvalue weighted by molar-refractivity contribution is 5.80. The molecule has 0 heterocycles. The molecule has 4 aliphatic carbocycles. The van der Waals surface area contributed by atoms with Crippen LogP contribution in [-0.2, 0) is 9.59 Å². The normalized spacial score (nSPS) is 41.0. The molecular formula is C14H22N2O3. The average molecular weight is 266 g/mol. The second-order valence-corrected chi connectivity index (χ2v) is 6.65. The fourth-order valence-corrected chi connectivity index (χ4v) is 4.68. The van der Waals surface area contributed by atoms with E-state index in [4.69, 9.17) is 5.11 Å². The molecule has 0 radical (unpaired) electrons. The van der Waals surface area contributed by atoms with Crippen LogP contribution in [0.25, 0.3) is 0 Å².